The number of fused-ring (bicyclic) bond motifs is 1. The van der Waals surface area contributed by atoms with E-state index in [2.05, 4.69) is 4.57 Å². The van der Waals surface area contributed by atoms with Crippen molar-refractivity contribution >= 4 is 58.0 Å². The van der Waals surface area contributed by atoms with Crippen LogP contribution < -0.4 is 0 Å². The van der Waals surface area contributed by atoms with Gasteiger partial charge in [0.15, 0.2) is 0 Å². The van der Waals surface area contributed by atoms with E-state index in [4.69, 9.17) is 39.8 Å². The second-order valence-corrected chi connectivity index (χ2v) is 7.32. The zero-order valence-corrected chi connectivity index (χ0v) is 16.5. The Balaban J connectivity index is 1.81. The van der Waals surface area contributed by atoms with E-state index in [-0.39, 0.29) is 0 Å². The zero-order valence-electron chi connectivity index (χ0n) is 14.2. The Kier molecular flexibility index (Phi) is 5.22. The van der Waals surface area contributed by atoms with Crippen LogP contribution in [0.5, 0.6) is 0 Å². The normalized spacial score (nSPS) is 11.5. The van der Waals surface area contributed by atoms with E-state index in [0.717, 1.165) is 28.0 Å². The van der Waals surface area contributed by atoms with Gasteiger partial charge < -0.3 is 4.57 Å². The summed E-state index contributed by atoms with van der Waals surface area (Å²) in [5.41, 5.74) is 3.75. The lowest BCUT2D eigenvalue weighted by atomic mass is 10.2. The molecule has 4 rings (SSSR count). The molecule has 0 atom stereocenters. The van der Waals surface area contributed by atoms with E-state index >= 15 is 0 Å². The van der Waals surface area contributed by atoms with Crippen LogP contribution in [0.1, 0.15) is 17.0 Å². The summed E-state index contributed by atoms with van der Waals surface area (Å²) < 4.78 is 2.11. The summed E-state index contributed by atoms with van der Waals surface area (Å²) in [5, 5.41) is 1.98. The predicted molar refractivity (Wildman–Crippen MR) is 116 cm³/mol. The van der Waals surface area contributed by atoms with E-state index in [1.807, 2.05) is 78.9 Å². The molecule has 0 saturated heterocycles. The molecule has 1 heterocycles. The summed E-state index contributed by atoms with van der Waals surface area (Å²) in [6, 6.07) is 21.3. The van der Waals surface area contributed by atoms with E-state index in [9.17, 15) is 0 Å². The van der Waals surface area contributed by atoms with E-state index in [1.54, 1.807) is 0 Å². The molecule has 2 nitrogen and oxygen atoms in total. The van der Waals surface area contributed by atoms with Crippen molar-refractivity contribution in [1.82, 2.24) is 9.55 Å². The fraction of sp³-hybridized carbons (Fsp3) is 0.0455. The summed E-state index contributed by atoms with van der Waals surface area (Å²) in [6.07, 6.45) is 3.93. The highest BCUT2D eigenvalue weighted by molar-refractivity contribution is 6.36. The van der Waals surface area contributed by atoms with Crippen molar-refractivity contribution in [3.63, 3.8) is 0 Å². The first kappa shape index (κ1) is 18.1. The van der Waals surface area contributed by atoms with Gasteiger partial charge in [0.05, 0.1) is 17.6 Å². The molecule has 0 bridgehead atoms. The summed E-state index contributed by atoms with van der Waals surface area (Å²) in [6.45, 7) is 0.529. The first-order chi connectivity index (χ1) is 13.1. The van der Waals surface area contributed by atoms with Crippen molar-refractivity contribution in [3.8, 4) is 0 Å². The lowest BCUT2D eigenvalue weighted by molar-refractivity contribution is 0.814. The van der Waals surface area contributed by atoms with E-state index in [0.29, 0.717) is 21.6 Å². The quantitative estimate of drug-likeness (QED) is 0.345. The summed E-state index contributed by atoms with van der Waals surface area (Å²) in [4.78, 5) is 4.76. The lowest BCUT2D eigenvalue weighted by Crippen LogP contribution is -2.03. The van der Waals surface area contributed by atoms with Gasteiger partial charge in [0.2, 0.25) is 0 Å². The van der Waals surface area contributed by atoms with Crippen molar-refractivity contribution in [2.24, 2.45) is 0 Å². The average molecular weight is 414 g/mol. The van der Waals surface area contributed by atoms with Crippen molar-refractivity contribution in [2.75, 3.05) is 0 Å². The van der Waals surface area contributed by atoms with Crippen molar-refractivity contribution in [3.05, 3.63) is 98.7 Å². The maximum absolute atomic E-state index is 6.39. The third-order valence-electron chi connectivity index (χ3n) is 4.38. The van der Waals surface area contributed by atoms with Crippen LogP contribution in [0.3, 0.4) is 0 Å². The van der Waals surface area contributed by atoms with Gasteiger partial charge in [0.1, 0.15) is 5.82 Å². The van der Waals surface area contributed by atoms with Gasteiger partial charge in [-0.1, -0.05) is 71.2 Å². The Morgan fingerprint density at radius 3 is 2.19 bits per heavy atom. The molecule has 0 radical (unpaired) electrons. The molecular weight excluding hydrogens is 399 g/mol. The number of rotatable bonds is 4. The molecule has 1 aromatic heterocycles. The van der Waals surface area contributed by atoms with E-state index in [1.165, 1.54) is 0 Å². The second-order valence-electron chi connectivity index (χ2n) is 6.10. The standard InChI is InChI=1S/C22H15Cl3N2/c23-17-7-2-1-6-15(17)12-13-22-26-20-10-3-4-11-21(20)27(22)14-16-18(24)8-5-9-19(16)25/h1-13H,14H2/b13-12+. The average Bonchev–Trinajstić information content (AvgIpc) is 3.02. The van der Waals surface area contributed by atoms with Gasteiger partial charge in [-0.05, 0) is 48.0 Å². The molecule has 0 aliphatic carbocycles. The largest absolute Gasteiger partial charge is 0.320 e. The fourth-order valence-corrected chi connectivity index (χ4v) is 3.72. The van der Waals surface area contributed by atoms with Crippen LogP contribution in [0.15, 0.2) is 66.7 Å². The molecule has 0 unspecified atom stereocenters. The SMILES string of the molecule is Clc1ccccc1/C=C/c1nc2ccccc2n1Cc1c(Cl)cccc1Cl. The van der Waals surface area contributed by atoms with Crippen LogP contribution in [0.25, 0.3) is 23.2 Å². The topological polar surface area (TPSA) is 17.8 Å². The molecule has 0 amide bonds. The first-order valence-electron chi connectivity index (χ1n) is 8.44. The molecule has 0 aliphatic heterocycles. The minimum Gasteiger partial charge on any atom is -0.320 e. The molecule has 0 aliphatic rings. The van der Waals surface area contributed by atoms with Gasteiger partial charge in [-0.2, -0.15) is 0 Å². The molecule has 4 aromatic rings. The highest BCUT2D eigenvalue weighted by Crippen LogP contribution is 2.28. The Bertz CT molecular complexity index is 1130. The number of aromatic nitrogens is 2. The van der Waals surface area contributed by atoms with Crippen LogP contribution in [-0.4, -0.2) is 9.55 Å². The van der Waals surface area contributed by atoms with Crippen LogP contribution >= 0.6 is 34.8 Å². The number of hydrogen-bond donors (Lipinski definition) is 0. The number of halogens is 3. The predicted octanol–water partition coefficient (Wildman–Crippen LogP) is 7.22. The van der Waals surface area contributed by atoms with E-state index < -0.39 is 0 Å². The number of imidazole rings is 1. The third-order valence-corrected chi connectivity index (χ3v) is 5.43. The Labute approximate surface area is 172 Å². The molecule has 0 fully saturated rings. The Morgan fingerprint density at radius 2 is 1.41 bits per heavy atom. The number of hydrogen-bond acceptors (Lipinski definition) is 1. The van der Waals surface area contributed by atoms with Gasteiger partial charge >= 0.3 is 0 Å². The molecule has 5 heteroatoms. The minimum atomic E-state index is 0.529. The zero-order chi connectivity index (χ0) is 18.8. The summed E-state index contributed by atoms with van der Waals surface area (Å²) in [5.74, 6) is 0.812. The smallest absolute Gasteiger partial charge is 0.134 e. The van der Waals surface area contributed by atoms with Gasteiger partial charge in [-0.3, -0.25) is 0 Å². The van der Waals surface area contributed by atoms with Gasteiger partial charge in [-0.25, -0.2) is 4.98 Å². The monoisotopic (exact) mass is 412 g/mol. The van der Waals surface area contributed by atoms with Gasteiger partial charge in [0, 0.05) is 20.6 Å². The number of benzene rings is 3. The molecule has 3 aromatic carbocycles. The fourth-order valence-electron chi connectivity index (χ4n) is 3.00. The highest BCUT2D eigenvalue weighted by atomic mass is 35.5. The molecular formula is C22H15Cl3N2. The maximum atomic E-state index is 6.39. The van der Waals surface area contributed by atoms with Crippen LogP contribution in [-0.2, 0) is 6.54 Å². The maximum Gasteiger partial charge on any atom is 0.134 e. The summed E-state index contributed by atoms with van der Waals surface area (Å²) in [7, 11) is 0. The van der Waals surface area contributed by atoms with Crippen molar-refractivity contribution < 1.29 is 0 Å². The minimum absolute atomic E-state index is 0.529. The van der Waals surface area contributed by atoms with Crippen LogP contribution in [0, 0.1) is 0 Å². The Hall–Kier alpha value is -2.26. The molecule has 0 saturated carbocycles. The number of nitrogens with zero attached hydrogens (tertiary/aromatic N) is 2. The van der Waals surface area contributed by atoms with Crippen molar-refractivity contribution in [2.45, 2.75) is 6.54 Å². The van der Waals surface area contributed by atoms with Gasteiger partial charge in [0.25, 0.3) is 0 Å². The van der Waals surface area contributed by atoms with Crippen LogP contribution in [0.4, 0.5) is 0 Å². The van der Waals surface area contributed by atoms with Gasteiger partial charge in [-0.15, -0.1) is 0 Å². The van der Waals surface area contributed by atoms with Crippen LogP contribution in [0.2, 0.25) is 15.1 Å². The summed E-state index contributed by atoms with van der Waals surface area (Å²) >= 11 is 19.0. The molecule has 0 spiro atoms. The first-order valence-corrected chi connectivity index (χ1v) is 9.57. The highest BCUT2D eigenvalue weighted by Gasteiger charge is 2.12. The second kappa shape index (κ2) is 7.77. The third kappa shape index (κ3) is 3.74. The molecule has 0 N–H and O–H groups in total. The lowest BCUT2D eigenvalue weighted by Gasteiger charge is -2.11. The van der Waals surface area contributed by atoms with Crippen molar-refractivity contribution in [1.29, 1.82) is 0 Å². The molecule has 27 heavy (non-hydrogen) atoms. The number of para-hydroxylation sites is 2. The molecule has 134 valence electrons. The Morgan fingerprint density at radius 1 is 0.741 bits per heavy atom.